The monoisotopic (exact) mass is 553 g/mol. The highest BCUT2D eigenvalue weighted by molar-refractivity contribution is 6.32. The number of halogens is 1. The second-order valence-corrected chi connectivity index (χ2v) is 11.7. The van der Waals surface area contributed by atoms with Crippen LogP contribution in [0.1, 0.15) is 44.2 Å². The molecule has 10 nitrogen and oxygen atoms in total. The molecule has 0 spiro atoms. The number of hydrogen-bond donors (Lipinski definition) is 5. The Kier molecular flexibility index (Phi) is 7.43. The number of rotatable bonds is 8. The van der Waals surface area contributed by atoms with Crippen molar-refractivity contribution in [1.82, 2.24) is 15.3 Å². The fourth-order valence-corrected chi connectivity index (χ4v) is 6.21. The van der Waals surface area contributed by atoms with E-state index in [4.69, 9.17) is 27.8 Å². The van der Waals surface area contributed by atoms with Gasteiger partial charge in [0.15, 0.2) is 5.82 Å². The molecule has 7 N–H and O–H groups in total. The molecule has 208 valence electrons. The number of nitrogens with zero attached hydrogens (tertiary/aromatic N) is 2. The van der Waals surface area contributed by atoms with E-state index in [1.54, 1.807) is 21.0 Å². The Bertz CT molecular complexity index is 1310. The lowest BCUT2D eigenvalue weighted by Crippen LogP contribution is -2.52. The van der Waals surface area contributed by atoms with E-state index in [2.05, 4.69) is 38.1 Å². The number of ether oxygens (including phenoxy) is 1. The molecule has 1 heterocycles. The molecule has 1 fully saturated rings. The van der Waals surface area contributed by atoms with Crippen molar-refractivity contribution in [1.29, 1.82) is 0 Å². The van der Waals surface area contributed by atoms with Crippen LogP contribution in [0.3, 0.4) is 0 Å². The van der Waals surface area contributed by atoms with Gasteiger partial charge in [0.2, 0.25) is 17.8 Å². The first kappa shape index (κ1) is 27.2. The number of hydrogen-bond acceptors (Lipinski definition) is 8. The van der Waals surface area contributed by atoms with Crippen LogP contribution in [0.25, 0.3) is 0 Å². The van der Waals surface area contributed by atoms with Crippen molar-refractivity contribution in [2.75, 3.05) is 17.7 Å². The van der Waals surface area contributed by atoms with E-state index in [1.807, 2.05) is 12.1 Å². The minimum absolute atomic E-state index is 0.00301. The van der Waals surface area contributed by atoms with E-state index in [0.29, 0.717) is 23.2 Å². The first-order chi connectivity index (χ1) is 18.5. The Balaban J connectivity index is 1.35. The molecule has 1 aromatic heterocycles. The average Bonchev–Trinajstić information content (AvgIpc) is 3.42. The summed E-state index contributed by atoms with van der Waals surface area (Å²) in [5.74, 6) is 1.06. The van der Waals surface area contributed by atoms with Crippen LogP contribution in [-0.2, 0) is 22.4 Å². The lowest BCUT2D eigenvalue weighted by Gasteiger charge is -2.27. The number of nitrogens with one attached hydrogen (secondary N) is 3. The van der Waals surface area contributed by atoms with E-state index in [9.17, 15) is 9.59 Å². The average molecular weight is 554 g/mol. The topological polar surface area (TPSA) is 157 Å². The van der Waals surface area contributed by atoms with Gasteiger partial charge < -0.3 is 32.2 Å². The van der Waals surface area contributed by atoms with E-state index in [1.165, 1.54) is 6.20 Å². The number of aromatic nitrogens is 2. The summed E-state index contributed by atoms with van der Waals surface area (Å²) >= 11 is 6.44. The van der Waals surface area contributed by atoms with Crippen LogP contribution >= 0.6 is 11.6 Å². The minimum atomic E-state index is -0.929. The number of fused-ring (bicyclic) bond motifs is 3. The summed E-state index contributed by atoms with van der Waals surface area (Å²) in [6, 6.07) is 3.82. The molecule has 2 aromatic rings. The van der Waals surface area contributed by atoms with Crippen LogP contribution < -0.4 is 32.2 Å². The van der Waals surface area contributed by atoms with Crippen LogP contribution in [0, 0.1) is 17.8 Å². The van der Waals surface area contributed by atoms with Crippen LogP contribution in [0.5, 0.6) is 5.75 Å². The molecule has 3 aliphatic carbocycles. The number of primary amides is 1. The smallest absolute Gasteiger partial charge is 0.239 e. The highest BCUT2D eigenvalue weighted by atomic mass is 35.5. The highest BCUT2D eigenvalue weighted by Crippen LogP contribution is 2.45. The summed E-state index contributed by atoms with van der Waals surface area (Å²) in [7, 11) is 1.64. The molecule has 5 atom stereocenters. The summed E-state index contributed by atoms with van der Waals surface area (Å²) in [5, 5.41) is 10.1. The van der Waals surface area contributed by atoms with Crippen LogP contribution in [-0.4, -0.2) is 46.5 Å². The van der Waals surface area contributed by atoms with Gasteiger partial charge in [-0.3, -0.25) is 9.59 Å². The third-order valence-electron chi connectivity index (χ3n) is 8.01. The summed E-state index contributed by atoms with van der Waals surface area (Å²) in [6.45, 7) is 3.41. The van der Waals surface area contributed by atoms with Crippen molar-refractivity contribution in [2.45, 2.75) is 63.6 Å². The summed E-state index contributed by atoms with van der Waals surface area (Å²) < 4.78 is 5.85. The predicted octanol–water partition coefficient (Wildman–Crippen LogP) is 3.07. The molecule has 1 saturated carbocycles. The zero-order valence-electron chi connectivity index (χ0n) is 22.5. The standard InChI is InChI=1S/C28H36ClN7O3/c1-28(2,31)26(38)33-17-5-4-6-18-14(12-17)9-10-20(23(18)39-3)34-27-32-13-19(29)25(36-27)35-22-16-8-7-15(11-16)21(22)24(30)37/h7-10,13,15-17,21-22H,4-6,11-12,31H2,1-3H3,(H2,30,37)(H,33,38)(H2,32,34,35,36)/t15-,16+,17?,21+,22-/m1/s1. The lowest BCUT2D eigenvalue weighted by atomic mass is 9.88. The van der Waals surface area contributed by atoms with Crippen molar-refractivity contribution in [3.05, 3.63) is 46.6 Å². The van der Waals surface area contributed by atoms with Crippen molar-refractivity contribution in [3.63, 3.8) is 0 Å². The maximum Gasteiger partial charge on any atom is 0.239 e. The van der Waals surface area contributed by atoms with E-state index in [-0.39, 0.29) is 41.7 Å². The normalized spacial score (nSPS) is 25.5. The molecule has 11 heteroatoms. The van der Waals surface area contributed by atoms with Gasteiger partial charge in [-0.25, -0.2) is 4.98 Å². The Morgan fingerprint density at radius 2 is 1.97 bits per heavy atom. The Morgan fingerprint density at radius 1 is 1.21 bits per heavy atom. The van der Waals surface area contributed by atoms with Crippen LogP contribution in [0.2, 0.25) is 5.02 Å². The molecule has 2 bridgehead atoms. The third-order valence-corrected chi connectivity index (χ3v) is 8.29. The summed E-state index contributed by atoms with van der Waals surface area (Å²) in [6.07, 6.45) is 9.88. The molecule has 1 aromatic carbocycles. The minimum Gasteiger partial charge on any atom is -0.494 e. The number of anilines is 3. The van der Waals surface area contributed by atoms with E-state index >= 15 is 0 Å². The number of nitrogens with two attached hydrogens (primary N) is 2. The first-order valence-corrected chi connectivity index (χ1v) is 13.7. The van der Waals surface area contributed by atoms with Gasteiger partial charge in [0.1, 0.15) is 10.8 Å². The van der Waals surface area contributed by atoms with Gasteiger partial charge in [0, 0.05) is 12.1 Å². The van der Waals surface area contributed by atoms with E-state index < -0.39 is 5.54 Å². The molecular formula is C28H36ClN7O3. The second-order valence-electron chi connectivity index (χ2n) is 11.3. The number of carbonyl (C=O) groups excluding carboxylic acids is 2. The van der Waals surface area contributed by atoms with E-state index in [0.717, 1.165) is 48.2 Å². The van der Waals surface area contributed by atoms with Crippen molar-refractivity contribution in [3.8, 4) is 5.75 Å². The summed E-state index contributed by atoms with van der Waals surface area (Å²) in [5.41, 5.74) is 13.7. The van der Waals surface area contributed by atoms with Gasteiger partial charge in [-0.2, -0.15) is 4.98 Å². The maximum atomic E-state index is 12.5. The van der Waals surface area contributed by atoms with Crippen LogP contribution in [0.15, 0.2) is 30.5 Å². The first-order valence-electron chi connectivity index (χ1n) is 13.4. The highest BCUT2D eigenvalue weighted by Gasteiger charge is 2.47. The Labute approximate surface area is 233 Å². The molecule has 39 heavy (non-hydrogen) atoms. The lowest BCUT2D eigenvalue weighted by molar-refractivity contribution is -0.126. The van der Waals surface area contributed by atoms with Gasteiger partial charge in [-0.1, -0.05) is 29.8 Å². The number of benzene rings is 1. The number of allylic oxidation sites excluding steroid dienone is 1. The third kappa shape index (κ3) is 5.53. The SMILES string of the molecule is COc1c(Nc2ncc(Cl)c(N[C@H]3[C@@H](C(N)=O)[C@@H]4C=C[C@H]3C4)n2)ccc2c1CCCC(NC(=O)C(C)(C)N)C2. The van der Waals surface area contributed by atoms with Gasteiger partial charge >= 0.3 is 0 Å². The fourth-order valence-electron chi connectivity index (χ4n) is 6.07. The Hall–Kier alpha value is -3.37. The fraction of sp³-hybridized carbons (Fsp3) is 0.500. The van der Waals surface area contributed by atoms with Crippen LogP contribution in [0.4, 0.5) is 17.5 Å². The number of carbonyl (C=O) groups is 2. The van der Waals surface area contributed by atoms with Crippen molar-refractivity contribution < 1.29 is 14.3 Å². The quantitative estimate of drug-likeness (QED) is 0.246. The second kappa shape index (κ2) is 10.7. The van der Waals surface area contributed by atoms with Gasteiger partial charge in [-0.15, -0.1) is 0 Å². The number of amides is 2. The molecule has 0 saturated heterocycles. The van der Waals surface area contributed by atoms with Crippen molar-refractivity contribution in [2.24, 2.45) is 29.2 Å². The van der Waals surface area contributed by atoms with Crippen molar-refractivity contribution >= 4 is 40.9 Å². The molecule has 2 amide bonds. The largest absolute Gasteiger partial charge is 0.494 e. The summed E-state index contributed by atoms with van der Waals surface area (Å²) in [4.78, 5) is 33.6. The predicted molar refractivity (Wildman–Crippen MR) is 151 cm³/mol. The van der Waals surface area contributed by atoms with Gasteiger partial charge in [-0.05, 0) is 75.0 Å². The zero-order chi connectivity index (χ0) is 27.9. The molecule has 0 radical (unpaired) electrons. The zero-order valence-corrected chi connectivity index (χ0v) is 23.2. The molecule has 1 unspecified atom stereocenters. The molecule has 3 aliphatic rings. The molecule has 5 rings (SSSR count). The molecule has 0 aliphatic heterocycles. The maximum absolute atomic E-state index is 12.5. The van der Waals surface area contributed by atoms with Gasteiger partial charge in [0.05, 0.1) is 30.5 Å². The molecular weight excluding hydrogens is 518 g/mol. The Morgan fingerprint density at radius 3 is 2.69 bits per heavy atom. The van der Waals surface area contributed by atoms with Gasteiger partial charge in [0.25, 0.3) is 0 Å². The number of methoxy groups -OCH3 is 1.